The molecule has 132 valence electrons. The van der Waals surface area contributed by atoms with Gasteiger partial charge in [0.05, 0.1) is 0 Å². The van der Waals surface area contributed by atoms with Crippen LogP contribution in [0.1, 0.15) is 29.7 Å². The van der Waals surface area contributed by atoms with E-state index < -0.39 is 30.8 Å². The summed E-state index contributed by atoms with van der Waals surface area (Å²) in [6.45, 7) is 5.54. The SMILES string of the molecule is CO[C@@H](C)c1cccc(C)c1I(O)OS(=O)(=O)c1ccc(C)cc1. The summed E-state index contributed by atoms with van der Waals surface area (Å²) in [6.07, 6.45) is -0.266. The van der Waals surface area contributed by atoms with Crippen LogP contribution in [0, 0.1) is 17.4 Å². The molecule has 1 N–H and O–H groups in total. The van der Waals surface area contributed by atoms with Crippen LogP contribution in [-0.2, 0) is 17.4 Å². The van der Waals surface area contributed by atoms with Gasteiger partial charge < -0.3 is 0 Å². The van der Waals surface area contributed by atoms with Crippen molar-refractivity contribution in [2.45, 2.75) is 31.8 Å². The molecule has 1 atom stereocenters. The second-order valence-electron chi connectivity index (χ2n) is 5.42. The summed E-state index contributed by atoms with van der Waals surface area (Å²) >= 11 is -3.39. The predicted octanol–water partition coefficient (Wildman–Crippen LogP) is 3.91. The topological polar surface area (TPSA) is 72.8 Å². The van der Waals surface area contributed by atoms with Gasteiger partial charge in [-0.05, 0) is 0 Å². The van der Waals surface area contributed by atoms with Crippen molar-refractivity contribution in [2.75, 3.05) is 7.11 Å². The van der Waals surface area contributed by atoms with E-state index in [4.69, 9.17) is 7.25 Å². The number of hydrogen-bond donors (Lipinski definition) is 1. The minimum atomic E-state index is -4.01. The Morgan fingerprint density at radius 3 is 2.29 bits per heavy atom. The Labute approximate surface area is 151 Å². The molecule has 2 aromatic rings. The van der Waals surface area contributed by atoms with Gasteiger partial charge in [-0.25, -0.2) is 0 Å². The molecule has 0 aromatic heterocycles. The second kappa shape index (κ2) is 7.92. The number of rotatable bonds is 6. The van der Waals surface area contributed by atoms with E-state index in [1.165, 1.54) is 12.1 Å². The van der Waals surface area contributed by atoms with Gasteiger partial charge in [0.15, 0.2) is 0 Å². The van der Waals surface area contributed by atoms with Gasteiger partial charge in [-0.2, -0.15) is 0 Å². The summed E-state index contributed by atoms with van der Waals surface area (Å²) in [7, 11) is -2.45. The van der Waals surface area contributed by atoms with Crippen LogP contribution >= 0.6 is 20.6 Å². The first-order chi connectivity index (χ1) is 11.3. The summed E-state index contributed by atoms with van der Waals surface area (Å²) in [4.78, 5) is 0.0411. The van der Waals surface area contributed by atoms with Gasteiger partial charge in [-0.3, -0.25) is 0 Å². The molecule has 2 rings (SSSR count). The van der Waals surface area contributed by atoms with Gasteiger partial charge in [0.25, 0.3) is 0 Å². The van der Waals surface area contributed by atoms with Crippen molar-refractivity contribution in [3.8, 4) is 0 Å². The molecule has 5 nitrogen and oxygen atoms in total. The van der Waals surface area contributed by atoms with Crippen molar-refractivity contribution in [3.63, 3.8) is 0 Å². The van der Waals surface area contributed by atoms with Crippen LogP contribution in [0.15, 0.2) is 47.4 Å². The molecule has 0 saturated carbocycles. The van der Waals surface area contributed by atoms with Crippen LogP contribution in [0.2, 0.25) is 0 Å². The maximum atomic E-state index is 12.4. The first kappa shape index (κ1) is 19.3. The fraction of sp³-hybridized carbons (Fsp3) is 0.294. The van der Waals surface area contributed by atoms with Crippen molar-refractivity contribution < 1.29 is 19.1 Å². The van der Waals surface area contributed by atoms with E-state index in [1.807, 2.05) is 39.0 Å². The Bertz CT molecular complexity index is 802. The Hall–Kier alpha value is -1.00. The molecule has 0 saturated heterocycles. The minimum absolute atomic E-state index is 0.0411. The Kier molecular flexibility index (Phi) is 6.38. The summed E-state index contributed by atoms with van der Waals surface area (Å²) in [5, 5.41) is 0. The Morgan fingerprint density at radius 1 is 1.08 bits per heavy atom. The zero-order valence-electron chi connectivity index (χ0n) is 14.0. The standard InChI is InChI=1S/C17H21IO5S/c1-12-8-10-15(11-9-12)24(20,21)23-18(19)17-13(2)6-5-7-16(17)14(3)22-4/h5-11,14,19H,1-4H3/t14-/m0/s1. The third kappa shape index (κ3) is 4.34. The summed E-state index contributed by atoms with van der Waals surface area (Å²) < 4.78 is 46.5. The average molecular weight is 464 g/mol. The maximum absolute atomic E-state index is 12.4. The molecule has 0 radical (unpaired) electrons. The molecule has 0 heterocycles. The van der Waals surface area contributed by atoms with Gasteiger partial charge >= 0.3 is 151 Å². The van der Waals surface area contributed by atoms with Gasteiger partial charge in [0, 0.05) is 0 Å². The van der Waals surface area contributed by atoms with Crippen LogP contribution < -0.4 is 0 Å². The predicted molar refractivity (Wildman–Crippen MR) is 101 cm³/mol. The van der Waals surface area contributed by atoms with Crippen molar-refractivity contribution in [2.24, 2.45) is 0 Å². The zero-order valence-corrected chi connectivity index (χ0v) is 17.0. The van der Waals surface area contributed by atoms with E-state index in [2.05, 4.69) is 0 Å². The van der Waals surface area contributed by atoms with E-state index in [1.54, 1.807) is 19.2 Å². The molecule has 2 aromatic carbocycles. The second-order valence-corrected chi connectivity index (χ2v) is 10.4. The molecule has 0 bridgehead atoms. The number of benzene rings is 2. The molecular formula is C17H21IO5S. The summed E-state index contributed by atoms with van der Waals surface area (Å²) in [5.74, 6) is 0. The Morgan fingerprint density at radius 2 is 1.71 bits per heavy atom. The molecule has 0 aliphatic rings. The molecule has 0 spiro atoms. The first-order valence-electron chi connectivity index (χ1n) is 7.29. The van der Waals surface area contributed by atoms with Crippen LogP contribution in [0.5, 0.6) is 0 Å². The number of methoxy groups -OCH3 is 1. The van der Waals surface area contributed by atoms with Gasteiger partial charge in [-0.1, -0.05) is 0 Å². The van der Waals surface area contributed by atoms with Crippen molar-refractivity contribution in [1.29, 1.82) is 0 Å². The van der Waals surface area contributed by atoms with E-state index in [0.29, 0.717) is 3.57 Å². The first-order valence-corrected chi connectivity index (χ1v) is 11.6. The fourth-order valence-electron chi connectivity index (χ4n) is 2.18. The third-order valence-corrected chi connectivity index (χ3v) is 9.60. The summed E-state index contributed by atoms with van der Waals surface area (Å²) in [5.41, 5.74) is 2.50. The van der Waals surface area contributed by atoms with Gasteiger partial charge in [-0.15, -0.1) is 0 Å². The third-order valence-electron chi connectivity index (χ3n) is 3.63. The van der Waals surface area contributed by atoms with E-state index >= 15 is 0 Å². The zero-order chi connectivity index (χ0) is 17.9. The molecule has 0 unspecified atom stereocenters. The van der Waals surface area contributed by atoms with Gasteiger partial charge in [0.1, 0.15) is 0 Å². The van der Waals surface area contributed by atoms with Crippen molar-refractivity contribution in [1.82, 2.24) is 0 Å². The van der Waals surface area contributed by atoms with Crippen LogP contribution in [0.4, 0.5) is 0 Å². The molecule has 24 heavy (non-hydrogen) atoms. The molecular weight excluding hydrogens is 443 g/mol. The van der Waals surface area contributed by atoms with Crippen LogP contribution in [0.25, 0.3) is 0 Å². The Balaban J connectivity index is 2.36. The normalized spacial score (nSPS) is 13.6. The fourth-order valence-corrected chi connectivity index (χ4v) is 7.51. The number of ether oxygens (including phenoxy) is 1. The van der Waals surface area contributed by atoms with Crippen LogP contribution in [0.3, 0.4) is 0 Å². The monoisotopic (exact) mass is 464 g/mol. The molecule has 0 amide bonds. The summed E-state index contributed by atoms with van der Waals surface area (Å²) in [6, 6.07) is 11.8. The molecule has 0 fully saturated rings. The number of halogens is 1. The van der Waals surface area contributed by atoms with Crippen molar-refractivity contribution >= 4 is 30.8 Å². The van der Waals surface area contributed by atoms with E-state index in [9.17, 15) is 11.9 Å². The molecule has 0 aliphatic heterocycles. The molecule has 0 aliphatic carbocycles. The van der Waals surface area contributed by atoms with E-state index in [-0.39, 0.29) is 11.0 Å². The number of hydrogen-bond acceptors (Lipinski definition) is 5. The average Bonchev–Trinajstić information content (AvgIpc) is 2.53. The van der Waals surface area contributed by atoms with Crippen LogP contribution in [-0.4, -0.2) is 19.0 Å². The van der Waals surface area contributed by atoms with Gasteiger partial charge in [0.2, 0.25) is 0 Å². The molecule has 7 heteroatoms. The number of aryl methyl sites for hydroxylation is 2. The quantitative estimate of drug-likeness (QED) is 0.657. The van der Waals surface area contributed by atoms with Crippen molar-refractivity contribution in [3.05, 3.63) is 62.7 Å². The van der Waals surface area contributed by atoms with E-state index in [0.717, 1.165) is 16.7 Å².